The van der Waals surface area contributed by atoms with Crippen molar-refractivity contribution in [1.29, 1.82) is 0 Å². The molecule has 0 aliphatic heterocycles. The Balaban J connectivity index is 0.000000135. The van der Waals surface area contributed by atoms with Gasteiger partial charge in [-0.05, 0) is 51.1 Å². The summed E-state index contributed by atoms with van der Waals surface area (Å²) in [6, 6.07) is 30.3. The van der Waals surface area contributed by atoms with Crippen molar-refractivity contribution >= 4 is 31.9 Å². The largest absolute Gasteiger partial charge is 0.0619 e. The third-order valence-electron chi connectivity index (χ3n) is 7.09. The molecule has 0 unspecified atom stereocenters. The highest BCUT2D eigenvalue weighted by atomic mass is 79.9. The van der Waals surface area contributed by atoms with E-state index in [9.17, 15) is 0 Å². The molecule has 32 heavy (non-hydrogen) atoms. The normalized spacial score (nSPS) is 15.7. The molecule has 0 fully saturated rings. The quantitative estimate of drug-likeness (QED) is 0.206. The third-order valence-corrected chi connectivity index (χ3v) is 8.41. The van der Waals surface area contributed by atoms with Gasteiger partial charge in [0.1, 0.15) is 0 Å². The Kier molecular flexibility index (Phi) is 5.22. The topological polar surface area (TPSA) is 0 Å². The fourth-order valence-electron chi connectivity index (χ4n) is 5.49. The van der Waals surface area contributed by atoms with Gasteiger partial charge in [-0.2, -0.15) is 0 Å². The van der Waals surface area contributed by atoms with E-state index < -0.39 is 0 Å². The second-order valence-electron chi connectivity index (χ2n) is 9.67. The van der Waals surface area contributed by atoms with Crippen LogP contribution in [0.15, 0.2) is 93.9 Å². The molecule has 2 aliphatic carbocycles. The van der Waals surface area contributed by atoms with Crippen LogP contribution in [-0.4, -0.2) is 0 Å². The average molecular weight is 546 g/mol. The summed E-state index contributed by atoms with van der Waals surface area (Å²) in [5.41, 5.74) is 11.4. The van der Waals surface area contributed by atoms with Crippen molar-refractivity contribution in [2.24, 2.45) is 0 Å². The molecule has 0 amide bonds. The molecule has 0 saturated heterocycles. The summed E-state index contributed by atoms with van der Waals surface area (Å²) in [4.78, 5) is 0. The zero-order valence-corrected chi connectivity index (χ0v) is 22.0. The van der Waals surface area contributed by atoms with Gasteiger partial charge in [0.05, 0.1) is 0 Å². The van der Waals surface area contributed by atoms with Crippen LogP contribution >= 0.6 is 31.9 Å². The van der Waals surface area contributed by atoms with E-state index in [2.05, 4.69) is 144 Å². The lowest BCUT2D eigenvalue weighted by Crippen LogP contribution is -2.15. The molecule has 0 bridgehead atoms. The highest BCUT2D eigenvalue weighted by Gasteiger charge is 2.37. The van der Waals surface area contributed by atoms with Crippen LogP contribution in [0.5, 0.6) is 0 Å². The molecule has 0 radical (unpaired) electrons. The molecule has 2 aliphatic rings. The molecular formula is C30H26Br2. The van der Waals surface area contributed by atoms with Crippen molar-refractivity contribution in [3.05, 3.63) is 116 Å². The molecule has 0 nitrogen and oxygen atoms in total. The van der Waals surface area contributed by atoms with Crippen LogP contribution in [0, 0.1) is 0 Å². The van der Waals surface area contributed by atoms with Crippen molar-refractivity contribution < 1.29 is 0 Å². The van der Waals surface area contributed by atoms with Crippen LogP contribution in [0.1, 0.15) is 49.9 Å². The minimum Gasteiger partial charge on any atom is -0.0619 e. The standard InChI is InChI=1S/2C15H13Br/c1-15(2)12-8-4-3-6-10(12)11-7-5-9-13(16)14(11)15;1-15(2)11-7-4-3-6-10(11)14-12(15)8-5-9-13(14)16/h2*3-9H,1-2H3. The second kappa shape index (κ2) is 7.71. The summed E-state index contributed by atoms with van der Waals surface area (Å²) in [6.45, 7) is 9.18. The molecule has 0 heterocycles. The molecule has 2 heteroatoms. The minimum absolute atomic E-state index is 0.103. The van der Waals surface area contributed by atoms with Crippen LogP contribution in [0.25, 0.3) is 22.3 Å². The van der Waals surface area contributed by atoms with Gasteiger partial charge in [-0.3, -0.25) is 0 Å². The summed E-state index contributed by atoms with van der Waals surface area (Å²) in [7, 11) is 0. The lowest BCUT2D eigenvalue weighted by molar-refractivity contribution is 0.657. The van der Waals surface area contributed by atoms with E-state index in [0.29, 0.717) is 0 Å². The van der Waals surface area contributed by atoms with Crippen LogP contribution in [-0.2, 0) is 10.8 Å². The van der Waals surface area contributed by atoms with Gasteiger partial charge in [0.2, 0.25) is 0 Å². The number of hydrogen-bond acceptors (Lipinski definition) is 0. The van der Waals surface area contributed by atoms with E-state index in [1.54, 1.807) is 0 Å². The zero-order chi connectivity index (χ0) is 22.7. The molecule has 6 rings (SSSR count). The maximum atomic E-state index is 3.68. The molecule has 0 aromatic heterocycles. The molecule has 0 saturated carbocycles. The van der Waals surface area contributed by atoms with Crippen LogP contribution < -0.4 is 0 Å². The number of fused-ring (bicyclic) bond motifs is 6. The van der Waals surface area contributed by atoms with Crippen molar-refractivity contribution in [3.8, 4) is 22.3 Å². The summed E-state index contributed by atoms with van der Waals surface area (Å²) < 4.78 is 2.41. The summed E-state index contributed by atoms with van der Waals surface area (Å²) in [5.74, 6) is 0. The maximum absolute atomic E-state index is 3.68. The fourth-order valence-corrected chi connectivity index (χ4v) is 6.93. The Labute approximate surface area is 208 Å². The monoisotopic (exact) mass is 544 g/mol. The van der Waals surface area contributed by atoms with Gasteiger partial charge in [-0.25, -0.2) is 0 Å². The number of rotatable bonds is 0. The van der Waals surface area contributed by atoms with E-state index in [1.807, 2.05) is 0 Å². The van der Waals surface area contributed by atoms with E-state index in [-0.39, 0.29) is 10.8 Å². The van der Waals surface area contributed by atoms with Crippen molar-refractivity contribution in [1.82, 2.24) is 0 Å². The fraction of sp³-hybridized carbons (Fsp3) is 0.200. The molecule has 0 spiro atoms. The van der Waals surface area contributed by atoms with E-state index in [4.69, 9.17) is 0 Å². The van der Waals surface area contributed by atoms with Crippen molar-refractivity contribution in [2.45, 2.75) is 38.5 Å². The summed E-state index contributed by atoms with van der Waals surface area (Å²) >= 11 is 7.35. The molecular weight excluding hydrogens is 520 g/mol. The molecule has 0 atom stereocenters. The first kappa shape index (κ1) is 21.7. The zero-order valence-electron chi connectivity index (χ0n) is 18.8. The first-order valence-electron chi connectivity index (χ1n) is 11.0. The predicted molar refractivity (Wildman–Crippen MR) is 143 cm³/mol. The predicted octanol–water partition coefficient (Wildman–Crippen LogP) is 9.51. The van der Waals surface area contributed by atoms with Crippen LogP contribution in [0.2, 0.25) is 0 Å². The smallest absolute Gasteiger partial charge is 0.0256 e. The van der Waals surface area contributed by atoms with E-state index >= 15 is 0 Å². The molecule has 0 N–H and O–H groups in total. The number of halogens is 2. The van der Waals surface area contributed by atoms with E-state index in [1.165, 1.54) is 53.5 Å². The lowest BCUT2D eigenvalue weighted by Gasteiger charge is -2.22. The van der Waals surface area contributed by atoms with Crippen molar-refractivity contribution in [2.75, 3.05) is 0 Å². The molecule has 160 valence electrons. The van der Waals surface area contributed by atoms with Gasteiger partial charge < -0.3 is 0 Å². The van der Waals surface area contributed by atoms with Gasteiger partial charge in [0, 0.05) is 25.3 Å². The van der Waals surface area contributed by atoms with Crippen LogP contribution in [0.4, 0.5) is 0 Å². The summed E-state index contributed by atoms with van der Waals surface area (Å²) in [6.07, 6.45) is 0. The SMILES string of the molecule is CC1(C)c2ccccc2-c2c(Br)cccc21.CC1(C)c2ccccc2-c2cccc(Br)c21. The van der Waals surface area contributed by atoms with Gasteiger partial charge >= 0.3 is 0 Å². The van der Waals surface area contributed by atoms with Gasteiger partial charge in [-0.15, -0.1) is 0 Å². The Morgan fingerprint density at radius 3 is 1.69 bits per heavy atom. The van der Waals surface area contributed by atoms with Crippen molar-refractivity contribution in [3.63, 3.8) is 0 Å². The highest BCUT2D eigenvalue weighted by Crippen LogP contribution is 2.52. The Bertz CT molecular complexity index is 1340. The first-order valence-corrected chi connectivity index (χ1v) is 12.6. The molecule has 4 aromatic rings. The number of benzene rings is 4. The van der Waals surface area contributed by atoms with Crippen LogP contribution in [0.3, 0.4) is 0 Å². The number of hydrogen-bond donors (Lipinski definition) is 0. The minimum atomic E-state index is 0.103. The highest BCUT2D eigenvalue weighted by molar-refractivity contribution is 9.10. The lowest BCUT2D eigenvalue weighted by atomic mass is 9.82. The van der Waals surface area contributed by atoms with Gasteiger partial charge in [-0.1, -0.05) is 132 Å². The first-order chi connectivity index (χ1) is 15.2. The Hall–Kier alpha value is -2.16. The molecule has 4 aromatic carbocycles. The summed E-state index contributed by atoms with van der Waals surface area (Å²) in [5, 5.41) is 0. The Morgan fingerprint density at radius 1 is 0.469 bits per heavy atom. The van der Waals surface area contributed by atoms with E-state index in [0.717, 1.165) is 0 Å². The van der Waals surface area contributed by atoms with Gasteiger partial charge in [0.25, 0.3) is 0 Å². The average Bonchev–Trinajstić information content (AvgIpc) is 3.16. The maximum Gasteiger partial charge on any atom is 0.0256 e. The van der Waals surface area contributed by atoms with Gasteiger partial charge in [0.15, 0.2) is 0 Å². The Morgan fingerprint density at radius 2 is 0.969 bits per heavy atom. The second-order valence-corrected chi connectivity index (χ2v) is 11.4. The third kappa shape index (κ3) is 3.15.